The number of para-hydroxylation sites is 1. The summed E-state index contributed by atoms with van der Waals surface area (Å²) in [6.07, 6.45) is 0.402. The quantitative estimate of drug-likeness (QED) is 0.353. The zero-order valence-electron chi connectivity index (χ0n) is 20.9. The predicted octanol–water partition coefficient (Wildman–Crippen LogP) is 6.08. The molecule has 1 aliphatic heterocycles. The van der Waals surface area contributed by atoms with Gasteiger partial charge in [0.15, 0.2) is 5.69 Å². The first-order chi connectivity index (χ1) is 17.0. The molecule has 4 rings (SSSR count). The van der Waals surface area contributed by atoms with E-state index in [9.17, 15) is 4.79 Å². The van der Waals surface area contributed by atoms with Crippen LogP contribution in [0.25, 0.3) is 11.3 Å². The number of hydrogen-bond donors (Lipinski definition) is 0. The lowest BCUT2D eigenvalue weighted by atomic mass is 10.0. The number of hydrogen-bond acceptors (Lipinski definition) is 7. The Labute approximate surface area is 211 Å². The van der Waals surface area contributed by atoms with Crippen molar-refractivity contribution < 1.29 is 14.3 Å². The summed E-state index contributed by atoms with van der Waals surface area (Å²) in [5.41, 5.74) is 3.94. The van der Waals surface area contributed by atoms with E-state index in [1.165, 1.54) is 0 Å². The van der Waals surface area contributed by atoms with Crippen LogP contribution in [0.3, 0.4) is 0 Å². The van der Waals surface area contributed by atoms with Crippen molar-refractivity contribution >= 4 is 23.4 Å². The van der Waals surface area contributed by atoms with Crippen molar-refractivity contribution in [2.75, 3.05) is 17.3 Å². The molecule has 8 heteroatoms. The number of anilines is 1. The fourth-order valence-electron chi connectivity index (χ4n) is 3.95. The molecule has 0 bridgehead atoms. The molecule has 0 aliphatic carbocycles. The summed E-state index contributed by atoms with van der Waals surface area (Å²) >= 11 is 1.55. The van der Waals surface area contributed by atoms with Gasteiger partial charge in [-0.3, -0.25) is 9.69 Å². The van der Waals surface area contributed by atoms with Gasteiger partial charge in [-0.25, -0.2) is 0 Å². The van der Waals surface area contributed by atoms with E-state index in [1.54, 1.807) is 16.7 Å². The summed E-state index contributed by atoms with van der Waals surface area (Å²) in [5, 5.41) is 9.49. The first-order valence-corrected chi connectivity index (χ1v) is 13.2. The van der Waals surface area contributed by atoms with Crippen LogP contribution < -0.4 is 14.4 Å². The van der Waals surface area contributed by atoms with E-state index in [-0.39, 0.29) is 5.91 Å². The third-order valence-corrected chi connectivity index (χ3v) is 6.94. The summed E-state index contributed by atoms with van der Waals surface area (Å²) in [6.45, 7) is 10.7. The molecule has 0 unspecified atom stereocenters. The van der Waals surface area contributed by atoms with Crippen molar-refractivity contribution in [3.8, 4) is 22.9 Å². The van der Waals surface area contributed by atoms with Crippen molar-refractivity contribution in [1.82, 2.24) is 15.2 Å². The van der Waals surface area contributed by atoms with Gasteiger partial charge in [-0.05, 0) is 49.1 Å². The molecule has 2 aromatic carbocycles. The fourth-order valence-corrected chi connectivity index (χ4v) is 4.68. The molecule has 35 heavy (non-hydrogen) atoms. The minimum Gasteiger partial charge on any atom is -0.493 e. The van der Waals surface area contributed by atoms with Crippen LogP contribution in [0.4, 0.5) is 5.69 Å². The number of aryl methyl sites for hydroxylation is 1. The van der Waals surface area contributed by atoms with Crippen molar-refractivity contribution in [2.24, 2.45) is 5.92 Å². The Kier molecular flexibility index (Phi) is 7.90. The standard InChI is InChI=1S/C27H32N4O3S/c1-6-18-13-14-21-20(15-18)24-25(28-27(30-29-24)35-16-17(4)5)34-26(31(21)23(32)7-2)19-11-9-10-12-22(19)33-8-3/h9-15,17,26H,6-8,16H2,1-5H3/t26-/m0/s1. The first kappa shape index (κ1) is 25.0. The summed E-state index contributed by atoms with van der Waals surface area (Å²) in [7, 11) is 0. The van der Waals surface area contributed by atoms with Crippen LogP contribution in [-0.2, 0) is 11.2 Å². The Hall–Kier alpha value is -3.13. The third kappa shape index (κ3) is 5.27. The van der Waals surface area contributed by atoms with Crippen molar-refractivity contribution in [3.63, 3.8) is 0 Å². The lowest BCUT2D eigenvalue weighted by molar-refractivity contribution is -0.120. The van der Waals surface area contributed by atoms with E-state index in [0.717, 1.165) is 34.6 Å². The monoisotopic (exact) mass is 492 g/mol. The third-order valence-electron chi connectivity index (χ3n) is 5.68. The molecule has 2 heterocycles. The Morgan fingerprint density at radius 1 is 1.14 bits per heavy atom. The Morgan fingerprint density at radius 2 is 1.94 bits per heavy atom. The van der Waals surface area contributed by atoms with Crippen LogP contribution >= 0.6 is 11.8 Å². The van der Waals surface area contributed by atoms with E-state index >= 15 is 0 Å². The van der Waals surface area contributed by atoms with Crippen LogP contribution in [0.5, 0.6) is 11.6 Å². The molecule has 0 spiro atoms. The zero-order valence-corrected chi connectivity index (χ0v) is 21.8. The topological polar surface area (TPSA) is 77.4 Å². The summed E-state index contributed by atoms with van der Waals surface area (Å²) in [6, 6.07) is 13.7. The van der Waals surface area contributed by atoms with Crippen LogP contribution in [0, 0.1) is 5.92 Å². The number of rotatable bonds is 8. The molecule has 0 radical (unpaired) electrons. The minimum absolute atomic E-state index is 0.0676. The van der Waals surface area contributed by atoms with Crippen LogP contribution in [0.15, 0.2) is 47.6 Å². The molecule has 1 amide bonds. The van der Waals surface area contributed by atoms with Gasteiger partial charge in [0.2, 0.25) is 23.2 Å². The van der Waals surface area contributed by atoms with Gasteiger partial charge in [-0.1, -0.05) is 57.7 Å². The Morgan fingerprint density at radius 3 is 2.66 bits per heavy atom. The van der Waals surface area contributed by atoms with E-state index in [4.69, 9.17) is 14.5 Å². The predicted molar refractivity (Wildman–Crippen MR) is 139 cm³/mol. The highest BCUT2D eigenvalue weighted by Crippen LogP contribution is 2.45. The molecule has 3 aromatic rings. The van der Waals surface area contributed by atoms with Crippen molar-refractivity contribution in [1.29, 1.82) is 0 Å². The fraction of sp³-hybridized carbons (Fsp3) is 0.407. The van der Waals surface area contributed by atoms with Gasteiger partial charge in [-0.15, -0.1) is 10.2 Å². The Bertz CT molecular complexity index is 1200. The van der Waals surface area contributed by atoms with Gasteiger partial charge in [-0.2, -0.15) is 4.98 Å². The van der Waals surface area contributed by atoms with E-state index < -0.39 is 6.23 Å². The zero-order chi connectivity index (χ0) is 24.9. The number of carbonyl (C=O) groups is 1. The number of fused-ring (bicyclic) bond motifs is 3. The van der Waals surface area contributed by atoms with Gasteiger partial charge in [0.25, 0.3) is 0 Å². The molecule has 0 saturated carbocycles. The molecule has 7 nitrogen and oxygen atoms in total. The highest BCUT2D eigenvalue weighted by atomic mass is 32.2. The number of carbonyl (C=O) groups excluding carboxylic acids is 1. The number of benzene rings is 2. The largest absolute Gasteiger partial charge is 0.493 e. The van der Waals surface area contributed by atoms with E-state index in [0.29, 0.717) is 41.4 Å². The second kappa shape index (κ2) is 11.1. The molecule has 1 atom stereocenters. The molecule has 0 fully saturated rings. The number of thioether (sulfide) groups is 1. The van der Waals surface area contributed by atoms with Gasteiger partial charge < -0.3 is 9.47 Å². The van der Waals surface area contributed by atoms with Gasteiger partial charge in [0, 0.05) is 17.7 Å². The number of amides is 1. The molecule has 1 aromatic heterocycles. The van der Waals surface area contributed by atoms with Gasteiger partial charge in [0.1, 0.15) is 5.75 Å². The summed E-state index contributed by atoms with van der Waals surface area (Å²) in [5.74, 6) is 2.32. The smallest absolute Gasteiger partial charge is 0.247 e. The molecule has 0 N–H and O–H groups in total. The second-order valence-electron chi connectivity index (χ2n) is 8.72. The molecule has 184 valence electrons. The normalized spacial score (nSPS) is 14.7. The van der Waals surface area contributed by atoms with Crippen LogP contribution in [-0.4, -0.2) is 33.4 Å². The number of nitrogens with zero attached hydrogens (tertiary/aromatic N) is 4. The van der Waals surface area contributed by atoms with Crippen molar-refractivity contribution in [3.05, 3.63) is 53.6 Å². The van der Waals surface area contributed by atoms with E-state index in [2.05, 4.69) is 37.0 Å². The summed E-state index contributed by atoms with van der Waals surface area (Å²) in [4.78, 5) is 19.9. The summed E-state index contributed by atoms with van der Waals surface area (Å²) < 4.78 is 12.5. The maximum Gasteiger partial charge on any atom is 0.247 e. The minimum atomic E-state index is -0.766. The second-order valence-corrected chi connectivity index (χ2v) is 9.70. The Balaban J connectivity index is 1.94. The average molecular weight is 493 g/mol. The lowest BCUT2D eigenvalue weighted by Crippen LogP contribution is -2.37. The molecule has 1 aliphatic rings. The van der Waals surface area contributed by atoms with Gasteiger partial charge in [0.05, 0.1) is 17.9 Å². The van der Waals surface area contributed by atoms with Crippen molar-refractivity contribution in [2.45, 2.75) is 58.8 Å². The maximum atomic E-state index is 13.4. The number of ether oxygens (including phenoxy) is 2. The SMILES string of the molecule is CCOc1ccccc1[C@@H]1Oc2nc(SCC(C)C)nnc2-c2cc(CC)ccc2N1C(=O)CC. The highest BCUT2D eigenvalue weighted by molar-refractivity contribution is 7.99. The molecular weight excluding hydrogens is 460 g/mol. The lowest BCUT2D eigenvalue weighted by Gasteiger charge is -2.31. The molecule has 0 saturated heterocycles. The first-order valence-electron chi connectivity index (χ1n) is 12.2. The number of aromatic nitrogens is 3. The maximum absolute atomic E-state index is 13.4. The van der Waals surface area contributed by atoms with Gasteiger partial charge >= 0.3 is 0 Å². The average Bonchev–Trinajstić information content (AvgIpc) is 3.01. The van der Waals surface area contributed by atoms with Crippen LogP contribution in [0.2, 0.25) is 0 Å². The highest BCUT2D eigenvalue weighted by Gasteiger charge is 2.37. The van der Waals surface area contributed by atoms with E-state index in [1.807, 2.05) is 50.2 Å². The molecular formula is C27H32N4O3S. The van der Waals surface area contributed by atoms with Crippen LogP contribution in [0.1, 0.15) is 58.4 Å².